The van der Waals surface area contributed by atoms with Crippen molar-refractivity contribution in [2.45, 2.75) is 56.5 Å². The van der Waals surface area contributed by atoms with Crippen LogP contribution in [0.25, 0.3) is 0 Å². The summed E-state index contributed by atoms with van der Waals surface area (Å²) in [6, 6.07) is 4.84. The highest BCUT2D eigenvalue weighted by Crippen LogP contribution is 2.27. The molecule has 1 aromatic carbocycles. The molecular weight excluding hydrogens is 392 g/mol. The van der Waals surface area contributed by atoms with Gasteiger partial charge in [-0.2, -0.15) is 4.31 Å². The zero-order valence-electron chi connectivity index (χ0n) is 15.7. The largest absolute Gasteiger partial charge is 0.454 e. The summed E-state index contributed by atoms with van der Waals surface area (Å²) in [5, 5.41) is 3.19. The van der Waals surface area contributed by atoms with Crippen LogP contribution in [0.2, 0.25) is 5.02 Å². The number of halogens is 1. The first-order valence-corrected chi connectivity index (χ1v) is 10.6. The average Bonchev–Trinajstić information content (AvgIpc) is 3.10. The summed E-state index contributed by atoms with van der Waals surface area (Å²) in [6.45, 7) is 5.45. The van der Waals surface area contributed by atoms with Gasteiger partial charge in [-0.25, -0.2) is 8.42 Å². The molecule has 1 N–H and O–H groups in total. The smallest absolute Gasteiger partial charge is 0.324 e. The maximum atomic E-state index is 12.8. The Balaban J connectivity index is 2.03. The molecule has 1 aromatic rings. The van der Waals surface area contributed by atoms with E-state index in [9.17, 15) is 18.0 Å². The van der Waals surface area contributed by atoms with Gasteiger partial charge in [0.15, 0.2) is 6.61 Å². The van der Waals surface area contributed by atoms with Crippen molar-refractivity contribution in [2.75, 3.05) is 13.2 Å². The van der Waals surface area contributed by atoms with Gasteiger partial charge in [-0.15, -0.1) is 0 Å². The van der Waals surface area contributed by atoms with E-state index in [4.69, 9.17) is 16.3 Å². The zero-order chi connectivity index (χ0) is 20.2. The molecule has 7 nitrogen and oxygen atoms in total. The fraction of sp³-hybridized carbons (Fsp3) is 0.556. The minimum atomic E-state index is -3.85. The van der Waals surface area contributed by atoms with Crippen molar-refractivity contribution in [1.29, 1.82) is 0 Å². The number of carbonyl (C=O) groups excluding carboxylic acids is 2. The molecule has 1 aliphatic heterocycles. The Morgan fingerprint density at radius 2 is 1.93 bits per heavy atom. The average molecular weight is 417 g/mol. The van der Waals surface area contributed by atoms with Gasteiger partial charge in [0, 0.05) is 17.1 Å². The SMILES string of the molecule is CCC(C)(C)NC(=O)COC(=O)[C@@H]1CCCN1S(=O)(=O)c1ccc(Cl)cc1. The molecule has 0 saturated carbocycles. The number of hydrogen-bond donors (Lipinski definition) is 1. The fourth-order valence-electron chi connectivity index (χ4n) is 2.74. The molecule has 1 fully saturated rings. The van der Waals surface area contributed by atoms with Crippen molar-refractivity contribution in [3.8, 4) is 0 Å². The van der Waals surface area contributed by atoms with Crippen LogP contribution >= 0.6 is 11.6 Å². The minimum Gasteiger partial charge on any atom is -0.454 e. The number of nitrogens with one attached hydrogen (secondary N) is 1. The second kappa shape index (κ2) is 8.58. The summed E-state index contributed by atoms with van der Waals surface area (Å²) in [7, 11) is -3.85. The zero-order valence-corrected chi connectivity index (χ0v) is 17.3. The van der Waals surface area contributed by atoms with Gasteiger partial charge in [-0.3, -0.25) is 9.59 Å². The lowest BCUT2D eigenvalue weighted by Gasteiger charge is -2.25. The van der Waals surface area contributed by atoms with Crippen molar-refractivity contribution < 1.29 is 22.7 Å². The number of hydrogen-bond acceptors (Lipinski definition) is 5. The van der Waals surface area contributed by atoms with Gasteiger partial charge in [0.2, 0.25) is 10.0 Å². The molecular formula is C18H25ClN2O5S. The van der Waals surface area contributed by atoms with Crippen LogP contribution < -0.4 is 5.32 Å². The van der Waals surface area contributed by atoms with E-state index in [0.717, 1.165) is 10.7 Å². The van der Waals surface area contributed by atoms with Crippen molar-refractivity contribution in [1.82, 2.24) is 9.62 Å². The standard InChI is InChI=1S/C18H25ClN2O5S/c1-4-18(2,3)20-16(22)12-26-17(23)15-6-5-11-21(15)27(24,25)14-9-7-13(19)8-10-14/h7-10,15H,4-6,11-12H2,1-3H3,(H,20,22)/t15-/m0/s1. The number of benzene rings is 1. The van der Waals surface area contributed by atoms with Crippen molar-refractivity contribution in [3.63, 3.8) is 0 Å². The first kappa shape index (κ1) is 21.7. The Morgan fingerprint density at radius 3 is 2.52 bits per heavy atom. The number of amides is 1. The Hall–Kier alpha value is -1.64. The first-order chi connectivity index (χ1) is 12.6. The third-order valence-electron chi connectivity index (χ3n) is 4.60. The number of carbonyl (C=O) groups is 2. The monoisotopic (exact) mass is 416 g/mol. The summed E-state index contributed by atoms with van der Waals surface area (Å²) in [6.07, 6.45) is 1.62. The van der Waals surface area contributed by atoms with Crippen molar-refractivity contribution >= 4 is 33.5 Å². The van der Waals surface area contributed by atoms with Crippen LogP contribution in [0, 0.1) is 0 Å². The van der Waals surface area contributed by atoms with E-state index in [1.165, 1.54) is 24.3 Å². The molecule has 0 unspecified atom stereocenters. The Labute approximate surface area is 165 Å². The van der Waals surface area contributed by atoms with Crippen LogP contribution in [0.3, 0.4) is 0 Å². The predicted molar refractivity (Wildman–Crippen MR) is 102 cm³/mol. The van der Waals surface area contributed by atoms with Gasteiger partial charge in [-0.05, 0) is 57.4 Å². The highest BCUT2D eigenvalue weighted by molar-refractivity contribution is 7.89. The van der Waals surface area contributed by atoms with Crippen LogP contribution in [0.5, 0.6) is 0 Å². The highest BCUT2D eigenvalue weighted by atomic mass is 35.5. The Kier molecular flexibility index (Phi) is 6.88. The van der Waals surface area contributed by atoms with Crippen LogP contribution in [0.1, 0.15) is 40.0 Å². The normalized spacial score (nSPS) is 18.3. The van der Waals surface area contributed by atoms with Crippen LogP contribution in [0.15, 0.2) is 29.2 Å². The third kappa shape index (κ3) is 5.43. The van der Waals surface area contributed by atoms with Crippen LogP contribution in [-0.2, 0) is 24.3 Å². The molecule has 1 saturated heterocycles. The quantitative estimate of drug-likeness (QED) is 0.688. The first-order valence-electron chi connectivity index (χ1n) is 8.82. The Morgan fingerprint density at radius 1 is 1.30 bits per heavy atom. The molecule has 1 atom stereocenters. The topological polar surface area (TPSA) is 92.8 Å². The van der Waals surface area contributed by atoms with E-state index < -0.39 is 40.1 Å². The van der Waals surface area contributed by atoms with E-state index in [0.29, 0.717) is 17.9 Å². The Bertz CT molecular complexity index is 792. The molecule has 0 aliphatic carbocycles. The van der Waals surface area contributed by atoms with E-state index in [1.807, 2.05) is 20.8 Å². The van der Waals surface area contributed by atoms with Gasteiger partial charge in [0.25, 0.3) is 5.91 Å². The predicted octanol–water partition coefficient (Wildman–Crippen LogP) is 2.34. The summed E-state index contributed by atoms with van der Waals surface area (Å²) < 4.78 is 31.9. The lowest BCUT2D eigenvalue weighted by Crippen LogP contribution is -2.46. The summed E-state index contributed by atoms with van der Waals surface area (Å²) >= 11 is 5.81. The summed E-state index contributed by atoms with van der Waals surface area (Å²) in [5.74, 6) is -1.13. The number of nitrogens with zero attached hydrogens (tertiary/aromatic N) is 1. The number of rotatable bonds is 7. The van der Waals surface area contributed by atoms with Crippen LogP contribution in [0.4, 0.5) is 0 Å². The molecule has 1 amide bonds. The molecule has 1 aliphatic rings. The maximum absolute atomic E-state index is 12.8. The third-order valence-corrected chi connectivity index (χ3v) is 6.78. The van der Waals surface area contributed by atoms with E-state index >= 15 is 0 Å². The second-order valence-electron chi connectivity index (χ2n) is 7.12. The molecule has 27 heavy (non-hydrogen) atoms. The molecule has 150 valence electrons. The molecule has 9 heteroatoms. The molecule has 0 spiro atoms. The van der Waals surface area contributed by atoms with Crippen LogP contribution in [-0.4, -0.2) is 49.3 Å². The lowest BCUT2D eigenvalue weighted by atomic mass is 10.0. The molecule has 0 bridgehead atoms. The summed E-state index contributed by atoms with van der Waals surface area (Å²) in [4.78, 5) is 24.4. The lowest BCUT2D eigenvalue weighted by molar-refractivity contribution is -0.152. The minimum absolute atomic E-state index is 0.0639. The van der Waals surface area contributed by atoms with Crippen molar-refractivity contribution in [3.05, 3.63) is 29.3 Å². The van der Waals surface area contributed by atoms with Gasteiger partial charge in [0.05, 0.1) is 4.90 Å². The maximum Gasteiger partial charge on any atom is 0.324 e. The van der Waals surface area contributed by atoms with E-state index in [1.54, 1.807) is 0 Å². The molecule has 1 heterocycles. The van der Waals surface area contributed by atoms with Gasteiger partial charge in [-0.1, -0.05) is 18.5 Å². The van der Waals surface area contributed by atoms with Gasteiger partial charge >= 0.3 is 5.97 Å². The fourth-order valence-corrected chi connectivity index (χ4v) is 4.51. The van der Waals surface area contributed by atoms with E-state index in [-0.39, 0.29) is 11.4 Å². The number of ether oxygens (including phenoxy) is 1. The highest BCUT2D eigenvalue weighted by Gasteiger charge is 2.40. The number of sulfonamides is 1. The molecule has 0 radical (unpaired) electrons. The van der Waals surface area contributed by atoms with Gasteiger partial charge in [0.1, 0.15) is 6.04 Å². The van der Waals surface area contributed by atoms with Gasteiger partial charge < -0.3 is 10.1 Å². The molecule has 2 rings (SSSR count). The van der Waals surface area contributed by atoms with E-state index in [2.05, 4.69) is 5.32 Å². The summed E-state index contributed by atoms with van der Waals surface area (Å²) in [5.41, 5.74) is -0.402. The van der Waals surface area contributed by atoms with Crippen molar-refractivity contribution in [2.24, 2.45) is 0 Å². The molecule has 0 aromatic heterocycles. The second-order valence-corrected chi connectivity index (χ2v) is 9.45. The number of esters is 1.